The van der Waals surface area contributed by atoms with Crippen LogP contribution in [0.1, 0.15) is 34.2 Å². The van der Waals surface area contributed by atoms with E-state index in [1.807, 2.05) is 21.6 Å². The van der Waals surface area contributed by atoms with Gasteiger partial charge in [0.05, 0.1) is 11.5 Å². The third-order valence-corrected chi connectivity index (χ3v) is 10.9. The zero-order valence-electron chi connectivity index (χ0n) is 24.9. The number of aromatic nitrogens is 1. The fourth-order valence-corrected chi connectivity index (χ4v) is 7.86. The second kappa shape index (κ2) is 13.8. The van der Waals surface area contributed by atoms with Gasteiger partial charge in [0, 0.05) is 63.2 Å². The summed E-state index contributed by atoms with van der Waals surface area (Å²) in [4.78, 5) is 4.68. The summed E-state index contributed by atoms with van der Waals surface area (Å²) in [5.41, 5.74) is 11.0. The largest absolute Gasteiger partial charge is 0.374 e. The molecule has 6 rings (SSSR count). The smallest absolute Gasteiger partial charge is 0.169 e. The molecule has 0 saturated carbocycles. The first kappa shape index (κ1) is 28.9. The first-order chi connectivity index (χ1) is 20.6. The Morgan fingerprint density at radius 3 is 1.90 bits per heavy atom. The van der Waals surface area contributed by atoms with Crippen LogP contribution < -0.4 is 14.4 Å². The summed E-state index contributed by atoms with van der Waals surface area (Å²) in [6.07, 6.45) is 21.4. The highest BCUT2D eigenvalue weighted by Gasteiger charge is 2.16. The minimum Gasteiger partial charge on any atom is -0.374 e. The number of nitrogens with zero attached hydrogens (tertiary/aromatic N) is 4. The van der Waals surface area contributed by atoms with Gasteiger partial charge >= 0.3 is 0 Å². The predicted octanol–water partition coefficient (Wildman–Crippen LogP) is 6.64. The van der Waals surface area contributed by atoms with Crippen LogP contribution in [0.15, 0.2) is 78.6 Å². The molecule has 2 aromatic carbocycles. The highest BCUT2D eigenvalue weighted by Crippen LogP contribution is 2.29. The van der Waals surface area contributed by atoms with E-state index in [-0.39, 0.29) is 0 Å². The van der Waals surface area contributed by atoms with Crippen LogP contribution in [-0.4, -0.2) is 62.6 Å². The van der Waals surface area contributed by atoms with Crippen molar-refractivity contribution in [2.75, 3.05) is 61.6 Å². The summed E-state index contributed by atoms with van der Waals surface area (Å²) in [7, 11) is 8.33. The normalized spacial score (nSPS) is 16.3. The maximum atomic E-state index is 2.46. The van der Waals surface area contributed by atoms with E-state index in [9.17, 15) is 0 Å². The van der Waals surface area contributed by atoms with Crippen molar-refractivity contribution < 1.29 is 9.14 Å². The number of hydrogen-bond donors (Lipinski definition) is 0. The van der Waals surface area contributed by atoms with Crippen LogP contribution >= 0.6 is 21.6 Å². The van der Waals surface area contributed by atoms with Crippen LogP contribution in [0, 0.1) is 0 Å². The minimum atomic E-state index is 1.04. The molecule has 4 nitrogen and oxygen atoms in total. The van der Waals surface area contributed by atoms with E-state index in [1.165, 1.54) is 44.8 Å². The molecule has 0 N–H and O–H groups in total. The van der Waals surface area contributed by atoms with E-state index >= 15 is 0 Å². The van der Waals surface area contributed by atoms with Gasteiger partial charge in [-0.1, -0.05) is 58.0 Å². The lowest BCUT2D eigenvalue weighted by atomic mass is 10.1. The molecule has 42 heavy (non-hydrogen) atoms. The monoisotopic (exact) mass is 594 g/mol. The van der Waals surface area contributed by atoms with Gasteiger partial charge in [0.25, 0.3) is 0 Å². The SMILES string of the molecule is CN1CCc2cc(/C=C/C3=CC=[N+](CCSSCC[n+]4ccc(/C=C/c5ccc6c(c5)CCN6C)cc4)CC3)ccc21. The molecule has 216 valence electrons. The molecular weight excluding hydrogens is 553 g/mol. The maximum Gasteiger partial charge on any atom is 0.169 e. The number of rotatable bonds is 11. The number of aryl methyl sites for hydroxylation is 1. The van der Waals surface area contributed by atoms with Crippen LogP contribution in [-0.2, 0) is 19.4 Å². The number of likely N-dealkylation sites (N-methyl/N-ethyl adjacent to an activating group) is 2. The molecule has 0 spiro atoms. The van der Waals surface area contributed by atoms with Gasteiger partial charge in [0.2, 0.25) is 0 Å². The Labute approximate surface area is 259 Å². The van der Waals surface area contributed by atoms with Crippen molar-refractivity contribution in [2.45, 2.75) is 25.8 Å². The predicted molar refractivity (Wildman–Crippen MR) is 185 cm³/mol. The third kappa shape index (κ3) is 7.40. The Hall–Kier alpha value is -3.22. The number of allylic oxidation sites excluding steroid dienone is 2. The van der Waals surface area contributed by atoms with Crippen LogP contribution in [0.2, 0.25) is 0 Å². The average molecular weight is 595 g/mol. The van der Waals surface area contributed by atoms with Crippen LogP contribution in [0.3, 0.4) is 0 Å². The van der Waals surface area contributed by atoms with Gasteiger partial charge in [0.15, 0.2) is 31.7 Å². The zero-order valence-corrected chi connectivity index (χ0v) is 26.5. The second-order valence-corrected chi connectivity index (χ2v) is 14.2. The number of hydrogen-bond acceptors (Lipinski definition) is 4. The number of anilines is 2. The van der Waals surface area contributed by atoms with Gasteiger partial charge in [-0.2, -0.15) is 0 Å². The molecule has 6 heteroatoms. The lowest BCUT2D eigenvalue weighted by Crippen LogP contribution is -2.33. The molecule has 0 aliphatic carbocycles. The summed E-state index contributed by atoms with van der Waals surface area (Å²) in [5.74, 6) is 2.27. The van der Waals surface area contributed by atoms with E-state index < -0.39 is 0 Å². The van der Waals surface area contributed by atoms with Gasteiger partial charge < -0.3 is 9.80 Å². The van der Waals surface area contributed by atoms with E-state index in [0.29, 0.717) is 0 Å². The number of pyridine rings is 1. The highest BCUT2D eigenvalue weighted by molar-refractivity contribution is 8.76. The van der Waals surface area contributed by atoms with Crippen molar-refractivity contribution in [1.29, 1.82) is 0 Å². The van der Waals surface area contributed by atoms with Crippen molar-refractivity contribution in [2.24, 2.45) is 0 Å². The van der Waals surface area contributed by atoms with E-state index in [2.05, 4.69) is 131 Å². The van der Waals surface area contributed by atoms with Gasteiger partial charge in [-0.15, -0.1) is 0 Å². The van der Waals surface area contributed by atoms with Crippen molar-refractivity contribution in [3.05, 3.63) is 106 Å². The van der Waals surface area contributed by atoms with Gasteiger partial charge in [0.1, 0.15) is 6.54 Å². The van der Waals surface area contributed by atoms with Crippen molar-refractivity contribution in [1.82, 2.24) is 0 Å². The van der Waals surface area contributed by atoms with Gasteiger partial charge in [-0.05, 0) is 70.5 Å². The molecule has 0 bridgehead atoms. The molecule has 1 aromatic heterocycles. The van der Waals surface area contributed by atoms with Crippen LogP contribution in [0.4, 0.5) is 11.4 Å². The lowest BCUT2D eigenvalue weighted by molar-refractivity contribution is -0.692. The molecule has 0 fully saturated rings. The fraction of sp³-hybridized carbons (Fsp3) is 0.333. The van der Waals surface area contributed by atoms with Crippen LogP contribution in [0.5, 0.6) is 0 Å². The second-order valence-electron chi connectivity index (χ2n) is 11.5. The standard InChI is InChI=1S/C36H42N4S2/c1-37-17-15-33-27-31(7-9-35(33)37)5-3-29-11-19-39(20-12-29)23-25-41-42-26-24-40-21-13-30(14-22-40)4-6-32-8-10-36-34(28-32)16-18-38(36)2/h3-13,19-21,27-28H,14-18,22-26H2,1-2H3/q+2. The summed E-state index contributed by atoms with van der Waals surface area (Å²) < 4.78 is 4.74. The molecular formula is C36H42N4S2+2. The third-order valence-electron chi connectivity index (χ3n) is 8.50. The number of fused-ring (bicyclic) bond motifs is 2. The Morgan fingerprint density at radius 2 is 1.29 bits per heavy atom. The molecule has 0 saturated heterocycles. The molecule has 0 atom stereocenters. The Balaban J connectivity index is 0.878. The van der Waals surface area contributed by atoms with E-state index in [4.69, 9.17) is 0 Å². The van der Waals surface area contributed by atoms with Gasteiger partial charge in [-0.3, -0.25) is 0 Å². The molecule has 0 amide bonds. The summed E-state index contributed by atoms with van der Waals surface area (Å²) in [6.45, 7) is 5.52. The molecule has 0 unspecified atom stereocenters. The quantitative estimate of drug-likeness (QED) is 0.140. The summed E-state index contributed by atoms with van der Waals surface area (Å²) in [5, 5.41) is 0. The fourth-order valence-electron chi connectivity index (χ4n) is 5.88. The number of benzene rings is 2. The van der Waals surface area contributed by atoms with Crippen LogP contribution in [0.25, 0.3) is 18.2 Å². The molecule has 0 radical (unpaired) electrons. The first-order valence-electron chi connectivity index (χ1n) is 15.2. The molecule has 3 aromatic rings. The minimum absolute atomic E-state index is 1.04. The van der Waals surface area contributed by atoms with E-state index in [1.54, 1.807) is 0 Å². The zero-order chi connectivity index (χ0) is 28.7. The van der Waals surface area contributed by atoms with Crippen molar-refractivity contribution in [3.63, 3.8) is 0 Å². The van der Waals surface area contributed by atoms with Crippen molar-refractivity contribution >= 4 is 57.4 Å². The highest BCUT2D eigenvalue weighted by atomic mass is 33.1. The maximum absolute atomic E-state index is 2.46. The Kier molecular flexibility index (Phi) is 9.51. The average Bonchev–Trinajstić information content (AvgIpc) is 3.59. The topological polar surface area (TPSA) is 13.4 Å². The molecule has 3 aliphatic rings. The molecule has 3 aliphatic heterocycles. The van der Waals surface area contributed by atoms with Gasteiger partial charge in [-0.25, -0.2) is 9.14 Å². The Bertz CT molecular complexity index is 1520. The van der Waals surface area contributed by atoms with Crippen molar-refractivity contribution in [3.8, 4) is 0 Å². The summed E-state index contributed by atoms with van der Waals surface area (Å²) >= 11 is 0. The van der Waals surface area contributed by atoms with E-state index in [0.717, 1.165) is 63.5 Å². The first-order valence-corrected chi connectivity index (χ1v) is 17.7. The lowest BCUT2D eigenvalue weighted by Gasteiger charge is -2.11. The summed E-state index contributed by atoms with van der Waals surface area (Å²) in [6, 6.07) is 18.1. The Morgan fingerprint density at radius 1 is 0.690 bits per heavy atom. The molecule has 4 heterocycles.